The molecule has 2 rings (SSSR count). The fourth-order valence-electron chi connectivity index (χ4n) is 1.89. The molecule has 6 nitrogen and oxygen atoms in total. The molecule has 22 heavy (non-hydrogen) atoms. The number of methoxy groups -OCH3 is 1. The van der Waals surface area contributed by atoms with Crippen LogP contribution in [0.25, 0.3) is 0 Å². The van der Waals surface area contributed by atoms with E-state index in [0.29, 0.717) is 17.9 Å². The van der Waals surface area contributed by atoms with Gasteiger partial charge in [-0.3, -0.25) is 10.1 Å². The Morgan fingerprint density at radius 1 is 1.23 bits per heavy atom. The van der Waals surface area contributed by atoms with E-state index in [9.17, 15) is 10.1 Å². The van der Waals surface area contributed by atoms with Crippen LogP contribution in [-0.2, 0) is 11.2 Å². The minimum Gasteiger partial charge on any atom is -0.450 e. The van der Waals surface area contributed by atoms with Crippen LogP contribution in [0.4, 0.5) is 5.69 Å². The third-order valence-electron chi connectivity index (χ3n) is 3.03. The Morgan fingerprint density at radius 3 is 2.55 bits per heavy atom. The van der Waals surface area contributed by atoms with E-state index in [1.54, 1.807) is 19.2 Å². The van der Waals surface area contributed by atoms with Gasteiger partial charge in [0.2, 0.25) is 5.75 Å². The lowest BCUT2D eigenvalue weighted by atomic mass is 10.1. The van der Waals surface area contributed by atoms with Gasteiger partial charge in [0.05, 0.1) is 23.2 Å². The average molecular weight is 298 g/mol. The van der Waals surface area contributed by atoms with Crippen molar-refractivity contribution < 1.29 is 14.4 Å². The van der Waals surface area contributed by atoms with Crippen LogP contribution in [-0.4, -0.2) is 18.6 Å². The highest BCUT2D eigenvalue weighted by atomic mass is 16.6. The van der Waals surface area contributed by atoms with Crippen molar-refractivity contribution in [2.75, 3.05) is 13.7 Å². The quantitative estimate of drug-likeness (QED) is 0.602. The standard InChI is InChI=1S/C16H14N2O4/c1-21-9-8-12-2-5-14(6-3-12)22-16-10-13(11-17)4-7-15(16)18(19)20/h2-7,10H,8-9H2,1H3. The Kier molecular flexibility index (Phi) is 5.07. The number of benzene rings is 2. The van der Waals surface area contributed by atoms with Crippen molar-refractivity contribution in [3.8, 4) is 17.6 Å². The molecule has 0 heterocycles. The molecule has 0 N–H and O–H groups in total. The average Bonchev–Trinajstić information content (AvgIpc) is 2.54. The molecule has 0 unspecified atom stereocenters. The second-order valence-electron chi connectivity index (χ2n) is 4.54. The number of rotatable bonds is 6. The SMILES string of the molecule is COCCc1ccc(Oc2cc(C#N)ccc2[N+](=O)[O-])cc1. The summed E-state index contributed by atoms with van der Waals surface area (Å²) in [5.41, 5.74) is 1.20. The molecular weight excluding hydrogens is 284 g/mol. The summed E-state index contributed by atoms with van der Waals surface area (Å²) in [6.07, 6.45) is 0.779. The third kappa shape index (κ3) is 3.81. The smallest absolute Gasteiger partial charge is 0.311 e. The fourth-order valence-corrected chi connectivity index (χ4v) is 1.89. The van der Waals surface area contributed by atoms with Crippen LogP contribution in [0.5, 0.6) is 11.5 Å². The first kappa shape index (κ1) is 15.5. The van der Waals surface area contributed by atoms with Gasteiger partial charge in [0.15, 0.2) is 0 Å². The van der Waals surface area contributed by atoms with Gasteiger partial charge >= 0.3 is 5.69 Å². The van der Waals surface area contributed by atoms with Crippen molar-refractivity contribution in [2.45, 2.75) is 6.42 Å². The van der Waals surface area contributed by atoms with Crippen LogP contribution in [0.2, 0.25) is 0 Å². The Labute approximate surface area is 127 Å². The van der Waals surface area contributed by atoms with E-state index in [2.05, 4.69) is 0 Å². The van der Waals surface area contributed by atoms with Gasteiger partial charge in [-0.15, -0.1) is 0 Å². The summed E-state index contributed by atoms with van der Waals surface area (Å²) in [6.45, 7) is 0.621. The van der Waals surface area contributed by atoms with Crippen molar-refractivity contribution in [2.24, 2.45) is 0 Å². The van der Waals surface area contributed by atoms with E-state index in [1.165, 1.54) is 18.2 Å². The maximum atomic E-state index is 11.0. The minimum absolute atomic E-state index is 0.0497. The van der Waals surface area contributed by atoms with Gasteiger partial charge in [0, 0.05) is 19.2 Å². The van der Waals surface area contributed by atoms with Gasteiger partial charge < -0.3 is 9.47 Å². The van der Waals surface area contributed by atoms with Gasteiger partial charge in [-0.2, -0.15) is 5.26 Å². The monoisotopic (exact) mass is 298 g/mol. The number of ether oxygens (including phenoxy) is 2. The van der Waals surface area contributed by atoms with Crippen molar-refractivity contribution in [3.63, 3.8) is 0 Å². The Morgan fingerprint density at radius 2 is 1.95 bits per heavy atom. The predicted molar refractivity (Wildman–Crippen MR) is 79.9 cm³/mol. The fraction of sp³-hybridized carbons (Fsp3) is 0.188. The molecule has 2 aromatic carbocycles. The second kappa shape index (κ2) is 7.20. The molecule has 0 spiro atoms. The van der Waals surface area contributed by atoms with Crippen LogP contribution in [0.1, 0.15) is 11.1 Å². The number of nitro groups is 1. The molecule has 0 amide bonds. The molecule has 112 valence electrons. The van der Waals surface area contributed by atoms with Gasteiger partial charge in [0.25, 0.3) is 0 Å². The largest absolute Gasteiger partial charge is 0.450 e. The maximum absolute atomic E-state index is 11.0. The van der Waals surface area contributed by atoms with Crippen LogP contribution >= 0.6 is 0 Å². The summed E-state index contributed by atoms with van der Waals surface area (Å²) in [5, 5.41) is 19.9. The van der Waals surface area contributed by atoms with E-state index < -0.39 is 4.92 Å². The highest BCUT2D eigenvalue weighted by Gasteiger charge is 2.16. The molecular formula is C16H14N2O4. The molecule has 0 aliphatic heterocycles. The molecule has 0 radical (unpaired) electrons. The van der Waals surface area contributed by atoms with Crippen LogP contribution in [0.15, 0.2) is 42.5 Å². The summed E-state index contributed by atoms with van der Waals surface area (Å²) >= 11 is 0. The second-order valence-corrected chi connectivity index (χ2v) is 4.54. The normalized spacial score (nSPS) is 10.0. The lowest BCUT2D eigenvalue weighted by molar-refractivity contribution is -0.385. The summed E-state index contributed by atoms with van der Waals surface area (Å²) in [7, 11) is 1.64. The molecule has 0 atom stereocenters. The van der Waals surface area contributed by atoms with Crippen molar-refractivity contribution in [1.82, 2.24) is 0 Å². The first-order valence-electron chi connectivity index (χ1n) is 6.58. The van der Waals surface area contributed by atoms with Gasteiger partial charge in [-0.25, -0.2) is 0 Å². The molecule has 0 aliphatic carbocycles. The number of nitrogens with zero attached hydrogens (tertiary/aromatic N) is 2. The predicted octanol–water partition coefficient (Wildman–Crippen LogP) is 3.45. The number of nitriles is 1. The summed E-state index contributed by atoms with van der Waals surface area (Å²) in [5.74, 6) is 0.521. The third-order valence-corrected chi connectivity index (χ3v) is 3.03. The number of hydrogen-bond acceptors (Lipinski definition) is 5. The Hall–Kier alpha value is -2.91. The van der Waals surface area contributed by atoms with E-state index in [-0.39, 0.29) is 11.4 Å². The van der Waals surface area contributed by atoms with E-state index >= 15 is 0 Å². The van der Waals surface area contributed by atoms with Crippen molar-refractivity contribution >= 4 is 5.69 Å². The van der Waals surface area contributed by atoms with Gasteiger partial charge in [-0.1, -0.05) is 12.1 Å². The van der Waals surface area contributed by atoms with Crippen molar-refractivity contribution in [1.29, 1.82) is 5.26 Å². The number of hydrogen-bond donors (Lipinski definition) is 0. The first-order valence-corrected chi connectivity index (χ1v) is 6.58. The zero-order valence-electron chi connectivity index (χ0n) is 12.0. The highest BCUT2D eigenvalue weighted by molar-refractivity contribution is 5.53. The molecule has 0 saturated carbocycles. The zero-order chi connectivity index (χ0) is 15.9. The molecule has 0 bridgehead atoms. The van der Waals surface area contributed by atoms with E-state index in [4.69, 9.17) is 14.7 Å². The minimum atomic E-state index is -0.538. The first-order chi connectivity index (χ1) is 10.6. The topological polar surface area (TPSA) is 85.4 Å². The highest BCUT2D eigenvalue weighted by Crippen LogP contribution is 2.32. The Bertz CT molecular complexity index is 705. The summed E-state index contributed by atoms with van der Waals surface area (Å²) in [4.78, 5) is 10.5. The van der Waals surface area contributed by atoms with Gasteiger partial charge in [0.1, 0.15) is 5.75 Å². The molecule has 0 fully saturated rings. The van der Waals surface area contributed by atoms with Crippen LogP contribution in [0, 0.1) is 21.4 Å². The maximum Gasteiger partial charge on any atom is 0.311 e. The number of nitro benzene ring substituents is 1. The Balaban J connectivity index is 2.22. The molecule has 6 heteroatoms. The van der Waals surface area contributed by atoms with E-state index in [1.807, 2.05) is 18.2 Å². The van der Waals surface area contributed by atoms with Crippen LogP contribution < -0.4 is 4.74 Å². The van der Waals surface area contributed by atoms with Crippen molar-refractivity contribution in [3.05, 3.63) is 63.7 Å². The van der Waals surface area contributed by atoms with Gasteiger partial charge in [-0.05, 0) is 30.2 Å². The molecule has 0 saturated heterocycles. The zero-order valence-corrected chi connectivity index (χ0v) is 12.0. The molecule has 0 aliphatic rings. The lowest BCUT2D eigenvalue weighted by Gasteiger charge is -2.07. The van der Waals surface area contributed by atoms with E-state index in [0.717, 1.165) is 12.0 Å². The molecule has 0 aromatic heterocycles. The lowest BCUT2D eigenvalue weighted by Crippen LogP contribution is -1.96. The van der Waals surface area contributed by atoms with Crippen LogP contribution in [0.3, 0.4) is 0 Å². The molecule has 2 aromatic rings. The summed E-state index contributed by atoms with van der Waals surface area (Å²) in [6, 6.07) is 13.1. The summed E-state index contributed by atoms with van der Waals surface area (Å²) < 4.78 is 10.6.